The minimum absolute atomic E-state index is 0.240. The van der Waals surface area contributed by atoms with Gasteiger partial charge in [0, 0.05) is 6.42 Å². The third-order valence-corrected chi connectivity index (χ3v) is 3.11. The lowest BCUT2D eigenvalue weighted by Crippen LogP contribution is -1.98. The number of unbranched alkanes of at least 4 members (excludes halogenated alkanes) is 5. The van der Waals surface area contributed by atoms with Gasteiger partial charge in [0.2, 0.25) is 0 Å². The number of carbonyl (C=O) groups is 1. The third-order valence-electron chi connectivity index (χ3n) is 3.11. The Morgan fingerprint density at radius 3 is 2.43 bits per heavy atom. The number of aliphatic hydroxyl groups is 1. The average molecular weight is 294 g/mol. The standard InChI is InChI=1S/C18H30O3/c1-2-3-4-5-6-8-11-14-17(19)15-12-9-7-10-13-16-18(20)21/h6,8-9,11-12,14,17,19H,2-5,7,10,13,15-16H2,1H3,(H,20,21)/b8-6-,12-9-,14-11-/t17-/m0/s1. The van der Waals surface area contributed by atoms with Crippen LogP contribution < -0.4 is 0 Å². The molecule has 0 spiro atoms. The van der Waals surface area contributed by atoms with E-state index in [0.29, 0.717) is 12.8 Å². The number of carboxylic acid groups (broad SMARTS) is 1. The van der Waals surface area contributed by atoms with Gasteiger partial charge in [0.05, 0.1) is 6.10 Å². The highest BCUT2D eigenvalue weighted by molar-refractivity contribution is 5.66. The fourth-order valence-electron chi connectivity index (χ4n) is 1.85. The smallest absolute Gasteiger partial charge is 0.303 e. The molecule has 0 bridgehead atoms. The number of aliphatic carboxylic acids is 1. The van der Waals surface area contributed by atoms with Gasteiger partial charge in [-0.1, -0.05) is 56.2 Å². The first-order chi connectivity index (χ1) is 10.2. The molecule has 120 valence electrons. The molecule has 1 atom stereocenters. The molecular formula is C18H30O3. The van der Waals surface area contributed by atoms with Gasteiger partial charge in [-0.15, -0.1) is 0 Å². The maximum atomic E-state index is 10.3. The lowest BCUT2D eigenvalue weighted by atomic mass is 10.1. The molecule has 0 unspecified atom stereocenters. The number of aliphatic hydroxyl groups excluding tert-OH is 1. The summed E-state index contributed by atoms with van der Waals surface area (Å²) in [7, 11) is 0. The zero-order valence-corrected chi connectivity index (χ0v) is 13.2. The van der Waals surface area contributed by atoms with Crippen molar-refractivity contribution >= 4 is 5.97 Å². The first kappa shape index (κ1) is 19.7. The Hall–Kier alpha value is -1.35. The van der Waals surface area contributed by atoms with Crippen LogP contribution in [-0.2, 0) is 4.79 Å². The second-order valence-corrected chi connectivity index (χ2v) is 5.22. The Morgan fingerprint density at radius 2 is 1.71 bits per heavy atom. The van der Waals surface area contributed by atoms with Crippen LogP contribution in [0, 0.1) is 0 Å². The Bertz CT molecular complexity index is 329. The summed E-state index contributed by atoms with van der Waals surface area (Å²) < 4.78 is 0. The highest BCUT2D eigenvalue weighted by Crippen LogP contribution is 2.03. The van der Waals surface area contributed by atoms with Gasteiger partial charge in [0.1, 0.15) is 0 Å². The number of hydrogen-bond acceptors (Lipinski definition) is 2. The van der Waals surface area contributed by atoms with Gasteiger partial charge in [-0.25, -0.2) is 0 Å². The van der Waals surface area contributed by atoms with Crippen LogP contribution in [0.5, 0.6) is 0 Å². The van der Waals surface area contributed by atoms with Crippen molar-refractivity contribution in [3.63, 3.8) is 0 Å². The van der Waals surface area contributed by atoms with E-state index in [0.717, 1.165) is 19.3 Å². The van der Waals surface area contributed by atoms with Crippen LogP contribution in [0.4, 0.5) is 0 Å². The van der Waals surface area contributed by atoms with Gasteiger partial charge in [-0.2, -0.15) is 0 Å². The van der Waals surface area contributed by atoms with E-state index in [-0.39, 0.29) is 6.42 Å². The maximum absolute atomic E-state index is 10.3. The molecule has 0 aromatic rings. The molecule has 0 rings (SSSR count). The highest BCUT2D eigenvalue weighted by Gasteiger charge is 1.95. The predicted molar refractivity (Wildman–Crippen MR) is 88.3 cm³/mol. The molecule has 0 saturated heterocycles. The zero-order valence-electron chi connectivity index (χ0n) is 13.2. The summed E-state index contributed by atoms with van der Waals surface area (Å²) in [5.74, 6) is -0.734. The first-order valence-corrected chi connectivity index (χ1v) is 8.05. The molecule has 0 aromatic heterocycles. The van der Waals surface area contributed by atoms with Gasteiger partial charge in [-0.05, 0) is 38.5 Å². The van der Waals surface area contributed by atoms with Gasteiger partial charge in [0.15, 0.2) is 0 Å². The molecule has 0 aliphatic heterocycles. The summed E-state index contributed by atoms with van der Waals surface area (Å²) in [5.41, 5.74) is 0. The Kier molecular flexibility index (Phi) is 14.1. The fourth-order valence-corrected chi connectivity index (χ4v) is 1.85. The van der Waals surface area contributed by atoms with Crippen molar-refractivity contribution in [3.8, 4) is 0 Å². The number of rotatable bonds is 13. The molecule has 3 nitrogen and oxygen atoms in total. The van der Waals surface area contributed by atoms with Crippen LogP contribution in [0.2, 0.25) is 0 Å². The number of hydrogen-bond donors (Lipinski definition) is 2. The minimum Gasteiger partial charge on any atom is -0.481 e. The largest absolute Gasteiger partial charge is 0.481 e. The van der Waals surface area contributed by atoms with E-state index in [4.69, 9.17) is 5.11 Å². The maximum Gasteiger partial charge on any atom is 0.303 e. The minimum atomic E-state index is -0.734. The monoisotopic (exact) mass is 294 g/mol. The summed E-state index contributed by atoms with van der Waals surface area (Å²) in [6, 6.07) is 0. The van der Waals surface area contributed by atoms with E-state index >= 15 is 0 Å². The molecule has 0 aromatic carbocycles. The lowest BCUT2D eigenvalue weighted by molar-refractivity contribution is -0.137. The van der Waals surface area contributed by atoms with E-state index in [1.165, 1.54) is 19.3 Å². The van der Waals surface area contributed by atoms with Crippen LogP contribution in [0.1, 0.15) is 64.7 Å². The molecule has 0 radical (unpaired) electrons. The van der Waals surface area contributed by atoms with Crippen molar-refractivity contribution in [1.82, 2.24) is 0 Å². The molecule has 2 N–H and O–H groups in total. The summed E-state index contributed by atoms with van der Waals surface area (Å²) in [6.45, 7) is 2.19. The van der Waals surface area contributed by atoms with Crippen LogP contribution in [0.3, 0.4) is 0 Å². The number of carboxylic acids is 1. The van der Waals surface area contributed by atoms with Gasteiger partial charge in [0.25, 0.3) is 0 Å². The van der Waals surface area contributed by atoms with Crippen molar-refractivity contribution in [2.45, 2.75) is 70.8 Å². The fraction of sp³-hybridized carbons (Fsp3) is 0.611. The van der Waals surface area contributed by atoms with E-state index in [2.05, 4.69) is 13.0 Å². The molecular weight excluding hydrogens is 264 g/mol. The predicted octanol–water partition coefficient (Wildman–Crippen LogP) is 4.63. The van der Waals surface area contributed by atoms with Crippen LogP contribution in [0.15, 0.2) is 36.5 Å². The molecule has 0 aliphatic carbocycles. The van der Waals surface area contributed by atoms with Gasteiger partial charge >= 0.3 is 5.97 Å². The van der Waals surface area contributed by atoms with Crippen molar-refractivity contribution in [2.75, 3.05) is 0 Å². The van der Waals surface area contributed by atoms with E-state index in [9.17, 15) is 9.90 Å². The summed E-state index contributed by atoms with van der Waals surface area (Å²) >= 11 is 0. The van der Waals surface area contributed by atoms with Crippen LogP contribution in [0.25, 0.3) is 0 Å². The van der Waals surface area contributed by atoms with Crippen molar-refractivity contribution in [2.24, 2.45) is 0 Å². The first-order valence-electron chi connectivity index (χ1n) is 8.05. The Labute approximate surface area is 129 Å². The SMILES string of the molecule is CCCCC/C=C\C=C/[C@H](O)C/C=C\CCCCC(=O)O. The van der Waals surface area contributed by atoms with Crippen molar-refractivity contribution in [3.05, 3.63) is 36.5 Å². The van der Waals surface area contributed by atoms with E-state index in [1.807, 2.05) is 24.3 Å². The Balaban J connectivity index is 3.55. The summed E-state index contributed by atoms with van der Waals surface area (Å²) in [5, 5.41) is 18.2. The third kappa shape index (κ3) is 16.6. The summed E-state index contributed by atoms with van der Waals surface area (Å²) in [6.07, 6.45) is 19.5. The molecule has 0 amide bonds. The molecule has 0 saturated carbocycles. The molecule has 0 aliphatic rings. The normalized spacial score (nSPS) is 13.6. The molecule has 0 heterocycles. The molecule has 3 heteroatoms. The topological polar surface area (TPSA) is 57.5 Å². The second-order valence-electron chi connectivity index (χ2n) is 5.22. The molecule has 0 fully saturated rings. The van der Waals surface area contributed by atoms with E-state index in [1.54, 1.807) is 6.08 Å². The summed E-state index contributed by atoms with van der Waals surface area (Å²) in [4.78, 5) is 10.3. The Morgan fingerprint density at radius 1 is 1.00 bits per heavy atom. The molecule has 21 heavy (non-hydrogen) atoms. The quantitative estimate of drug-likeness (QED) is 0.296. The average Bonchev–Trinajstić information content (AvgIpc) is 2.45. The van der Waals surface area contributed by atoms with E-state index < -0.39 is 12.1 Å². The number of allylic oxidation sites excluding steroid dienone is 4. The van der Waals surface area contributed by atoms with Crippen LogP contribution in [-0.4, -0.2) is 22.3 Å². The van der Waals surface area contributed by atoms with Crippen molar-refractivity contribution in [1.29, 1.82) is 0 Å². The zero-order chi connectivity index (χ0) is 15.8. The second kappa shape index (κ2) is 15.0. The highest BCUT2D eigenvalue weighted by atomic mass is 16.4. The lowest BCUT2D eigenvalue weighted by Gasteiger charge is -1.99. The van der Waals surface area contributed by atoms with Gasteiger partial charge < -0.3 is 10.2 Å². The van der Waals surface area contributed by atoms with Crippen LogP contribution >= 0.6 is 0 Å². The van der Waals surface area contributed by atoms with Gasteiger partial charge in [-0.3, -0.25) is 4.79 Å². The van der Waals surface area contributed by atoms with Crippen molar-refractivity contribution < 1.29 is 15.0 Å².